The Morgan fingerprint density at radius 2 is 2.24 bits per heavy atom. The lowest BCUT2D eigenvalue weighted by molar-refractivity contribution is -0.0925. The quantitative estimate of drug-likeness (QED) is 0.868. The molecule has 0 atom stereocenters. The Bertz CT molecular complexity index is 509. The van der Waals surface area contributed by atoms with Gasteiger partial charge in [0.05, 0.1) is 13.2 Å². The third-order valence-corrected chi connectivity index (χ3v) is 3.88. The number of anilines is 1. The minimum atomic E-state index is -3.25. The van der Waals surface area contributed by atoms with Crippen molar-refractivity contribution in [3.05, 3.63) is 18.3 Å². The molecule has 0 unspecified atom stereocenters. The van der Waals surface area contributed by atoms with Crippen molar-refractivity contribution in [1.29, 1.82) is 0 Å². The lowest BCUT2D eigenvalue weighted by Gasteiger charge is -2.38. The van der Waals surface area contributed by atoms with Gasteiger partial charge in [-0.15, -0.1) is 0 Å². The normalized spacial score (nSPS) is 18.5. The van der Waals surface area contributed by atoms with Crippen LogP contribution in [0.3, 0.4) is 0 Å². The van der Waals surface area contributed by atoms with E-state index in [-0.39, 0.29) is 10.3 Å². The summed E-state index contributed by atoms with van der Waals surface area (Å²) in [5, 5.41) is 3.09. The molecule has 0 amide bonds. The van der Waals surface area contributed by atoms with Gasteiger partial charge < -0.3 is 10.1 Å². The molecule has 0 radical (unpaired) electrons. The molecule has 0 aromatic carbocycles. The summed E-state index contributed by atoms with van der Waals surface area (Å²) in [7, 11) is -3.25. The second-order valence-electron chi connectivity index (χ2n) is 4.78. The van der Waals surface area contributed by atoms with E-state index in [1.807, 2.05) is 0 Å². The Morgan fingerprint density at radius 3 is 2.76 bits per heavy atom. The smallest absolute Gasteiger partial charge is 0.179 e. The van der Waals surface area contributed by atoms with Gasteiger partial charge in [0, 0.05) is 24.4 Å². The number of nitrogens with zero attached hydrogens (tertiary/aromatic N) is 1. The van der Waals surface area contributed by atoms with Crippen molar-refractivity contribution in [2.24, 2.45) is 5.41 Å². The van der Waals surface area contributed by atoms with Crippen LogP contribution < -0.4 is 5.32 Å². The fraction of sp³-hybridized carbons (Fsp3) is 0.545. The van der Waals surface area contributed by atoms with Crippen LogP contribution in [0.15, 0.2) is 23.2 Å². The van der Waals surface area contributed by atoms with E-state index in [9.17, 15) is 8.42 Å². The highest BCUT2D eigenvalue weighted by Crippen LogP contribution is 2.27. The number of sulfone groups is 1. The molecule has 1 N–H and O–H groups in total. The predicted molar refractivity (Wildman–Crippen MR) is 64.8 cm³/mol. The van der Waals surface area contributed by atoms with Gasteiger partial charge in [0.25, 0.3) is 0 Å². The van der Waals surface area contributed by atoms with Crippen molar-refractivity contribution in [1.82, 2.24) is 4.98 Å². The highest BCUT2D eigenvalue weighted by Gasteiger charge is 2.33. The van der Waals surface area contributed by atoms with Gasteiger partial charge in [-0.25, -0.2) is 13.4 Å². The zero-order chi connectivity index (χ0) is 12.5. The van der Waals surface area contributed by atoms with Crippen LogP contribution in [0.1, 0.15) is 6.92 Å². The molecule has 0 saturated carbocycles. The van der Waals surface area contributed by atoms with Crippen molar-refractivity contribution in [2.45, 2.75) is 11.8 Å². The highest BCUT2D eigenvalue weighted by atomic mass is 32.2. The van der Waals surface area contributed by atoms with E-state index in [4.69, 9.17) is 4.74 Å². The Kier molecular flexibility index (Phi) is 3.09. The topological polar surface area (TPSA) is 68.3 Å². The van der Waals surface area contributed by atoms with E-state index in [0.717, 1.165) is 0 Å². The van der Waals surface area contributed by atoms with E-state index in [1.165, 1.54) is 6.26 Å². The van der Waals surface area contributed by atoms with Crippen LogP contribution in [0.4, 0.5) is 5.82 Å². The van der Waals surface area contributed by atoms with Crippen LogP contribution >= 0.6 is 0 Å². The number of aromatic nitrogens is 1. The summed E-state index contributed by atoms with van der Waals surface area (Å²) in [5.41, 5.74) is 0.0757. The molecule has 1 aliphatic heterocycles. The van der Waals surface area contributed by atoms with Gasteiger partial charge in [-0.3, -0.25) is 0 Å². The molecule has 0 bridgehead atoms. The Hall–Kier alpha value is -1.14. The maximum atomic E-state index is 11.6. The second kappa shape index (κ2) is 4.27. The number of rotatable bonds is 4. The number of ether oxygens (including phenoxy) is 1. The van der Waals surface area contributed by atoms with Gasteiger partial charge in [-0.05, 0) is 12.1 Å². The number of nitrogens with one attached hydrogen (secondary N) is 1. The zero-order valence-electron chi connectivity index (χ0n) is 9.93. The molecule has 0 spiro atoms. The molecule has 6 heteroatoms. The number of hydrogen-bond donors (Lipinski definition) is 1. The minimum Gasteiger partial charge on any atom is -0.380 e. The molecule has 17 heavy (non-hydrogen) atoms. The molecule has 1 aliphatic rings. The third-order valence-electron chi connectivity index (χ3n) is 2.75. The molecule has 5 nitrogen and oxygen atoms in total. The zero-order valence-corrected chi connectivity index (χ0v) is 10.8. The SMILES string of the molecule is CC1(CNc2ncccc2S(C)(=O)=O)COC1. The molecule has 1 aromatic rings. The van der Waals surface area contributed by atoms with Gasteiger partial charge in [-0.1, -0.05) is 6.92 Å². The maximum absolute atomic E-state index is 11.6. The lowest BCUT2D eigenvalue weighted by Crippen LogP contribution is -2.45. The summed E-state index contributed by atoms with van der Waals surface area (Å²) in [5.74, 6) is 0.420. The Morgan fingerprint density at radius 1 is 1.53 bits per heavy atom. The van der Waals surface area contributed by atoms with Crippen molar-refractivity contribution in [3.8, 4) is 0 Å². The van der Waals surface area contributed by atoms with E-state index in [2.05, 4.69) is 17.2 Å². The third kappa shape index (κ3) is 2.76. The van der Waals surface area contributed by atoms with E-state index in [0.29, 0.717) is 25.6 Å². The summed E-state index contributed by atoms with van der Waals surface area (Å²) in [6.07, 6.45) is 2.76. The van der Waals surface area contributed by atoms with Crippen LogP contribution in [0, 0.1) is 5.41 Å². The summed E-state index contributed by atoms with van der Waals surface area (Å²) < 4.78 is 28.3. The van der Waals surface area contributed by atoms with Gasteiger partial charge in [0.2, 0.25) is 0 Å². The first-order valence-corrected chi connectivity index (χ1v) is 7.27. The first-order chi connectivity index (χ1) is 7.91. The molecule has 2 heterocycles. The molecular formula is C11H16N2O3S. The number of hydrogen-bond acceptors (Lipinski definition) is 5. The average molecular weight is 256 g/mol. The lowest BCUT2D eigenvalue weighted by atomic mass is 9.89. The highest BCUT2D eigenvalue weighted by molar-refractivity contribution is 7.90. The van der Waals surface area contributed by atoms with Crippen LogP contribution in [0.5, 0.6) is 0 Å². The summed E-state index contributed by atoms with van der Waals surface area (Å²) in [6, 6.07) is 3.18. The monoisotopic (exact) mass is 256 g/mol. The van der Waals surface area contributed by atoms with Crippen LogP contribution in [-0.4, -0.2) is 39.4 Å². The summed E-state index contributed by atoms with van der Waals surface area (Å²) in [6.45, 7) is 4.14. The van der Waals surface area contributed by atoms with Crippen molar-refractivity contribution >= 4 is 15.7 Å². The Labute approximate surface area is 101 Å². The largest absolute Gasteiger partial charge is 0.380 e. The average Bonchev–Trinajstić information content (AvgIpc) is 2.23. The minimum absolute atomic E-state index is 0.0757. The van der Waals surface area contributed by atoms with E-state index in [1.54, 1.807) is 18.3 Å². The van der Waals surface area contributed by atoms with Gasteiger partial charge >= 0.3 is 0 Å². The van der Waals surface area contributed by atoms with E-state index < -0.39 is 9.84 Å². The van der Waals surface area contributed by atoms with Crippen molar-refractivity contribution in [2.75, 3.05) is 31.3 Å². The van der Waals surface area contributed by atoms with Gasteiger partial charge in [0.1, 0.15) is 10.7 Å². The van der Waals surface area contributed by atoms with Crippen molar-refractivity contribution in [3.63, 3.8) is 0 Å². The standard InChI is InChI=1S/C11H16N2O3S/c1-11(7-16-8-11)6-13-10-9(17(2,14)15)4-3-5-12-10/h3-5H,6-8H2,1-2H3,(H,12,13). The van der Waals surface area contributed by atoms with Crippen LogP contribution in [-0.2, 0) is 14.6 Å². The molecular weight excluding hydrogens is 240 g/mol. The van der Waals surface area contributed by atoms with Crippen LogP contribution in [0.25, 0.3) is 0 Å². The first-order valence-electron chi connectivity index (χ1n) is 5.37. The second-order valence-corrected chi connectivity index (χ2v) is 6.76. The van der Waals surface area contributed by atoms with Gasteiger partial charge in [-0.2, -0.15) is 0 Å². The summed E-state index contributed by atoms with van der Waals surface area (Å²) >= 11 is 0. The van der Waals surface area contributed by atoms with Crippen molar-refractivity contribution < 1.29 is 13.2 Å². The molecule has 1 aromatic heterocycles. The predicted octanol–water partition coefficient (Wildman–Crippen LogP) is 0.933. The molecule has 1 fully saturated rings. The fourth-order valence-corrected chi connectivity index (χ4v) is 2.47. The first kappa shape index (κ1) is 12.3. The number of pyridine rings is 1. The van der Waals surface area contributed by atoms with Crippen LogP contribution in [0.2, 0.25) is 0 Å². The van der Waals surface area contributed by atoms with E-state index >= 15 is 0 Å². The Balaban J connectivity index is 2.16. The maximum Gasteiger partial charge on any atom is 0.179 e. The fourth-order valence-electron chi connectivity index (χ4n) is 1.67. The van der Waals surface area contributed by atoms with Gasteiger partial charge in [0.15, 0.2) is 9.84 Å². The molecule has 94 valence electrons. The molecule has 1 saturated heterocycles. The molecule has 0 aliphatic carbocycles. The molecule has 2 rings (SSSR count). The summed E-state index contributed by atoms with van der Waals surface area (Å²) in [4.78, 5) is 4.32.